The van der Waals surface area contributed by atoms with E-state index >= 15 is 0 Å². The van der Waals surface area contributed by atoms with E-state index in [1.807, 2.05) is 18.7 Å². The van der Waals surface area contributed by atoms with Crippen LogP contribution in [0.1, 0.15) is 49.9 Å². The standard InChI is InChI=1S/C18H27N3O2S/c1-7-23-16-14-13(6)15(24-17(14)20-10-19-16)18(22)21(8-11(2)3)9-12(4)5/h10-12H,7-9H2,1-6H3. The highest BCUT2D eigenvalue weighted by atomic mass is 32.1. The van der Waals surface area contributed by atoms with Crippen LogP contribution >= 0.6 is 11.3 Å². The van der Waals surface area contributed by atoms with Crippen LogP contribution in [0, 0.1) is 18.8 Å². The summed E-state index contributed by atoms with van der Waals surface area (Å²) in [7, 11) is 0. The summed E-state index contributed by atoms with van der Waals surface area (Å²) in [4.78, 5) is 25.2. The molecule has 0 radical (unpaired) electrons. The van der Waals surface area contributed by atoms with Crippen LogP contribution in [-0.2, 0) is 0 Å². The van der Waals surface area contributed by atoms with Gasteiger partial charge in [0, 0.05) is 13.1 Å². The number of aryl methyl sites for hydroxylation is 1. The zero-order chi connectivity index (χ0) is 17.9. The molecule has 2 rings (SSSR count). The normalized spacial score (nSPS) is 11.5. The SMILES string of the molecule is CCOc1ncnc2sc(C(=O)N(CC(C)C)CC(C)C)c(C)c12. The van der Waals surface area contributed by atoms with Gasteiger partial charge in [-0.05, 0) is 31.2 Å². The van der Waals surface area contributed by atoms with Crippen LogP contribution in [0.15, 0.2) is 6.33 Å². The van der Waals surface area contributed by atoms with Crippen LogP contribution in [-0.4, -0.2) is 40.5 Å². The number of fused-ring (bicyclic) bond motifs is 1. The van der Waals surface area contributed by atoms with E-state index in [2.05, 4.69) is 37.7 Å². The minimum atomic E-state index is 0.0837. The molecule has 1 amide bonds. The van der Waals surface area contributed by atoms with Crippen LogP contribution in [0.2, 0.25) is 0 Å². The molecule has 2 aromatic heterocycles. The topological polar surface area (TPSA) is 55.3 Å². The van der Waals surface area contributed by atoms with E-state index in [0.29, 0.717) is 24.3 Å². The van der Waals surface area contributed by atoms with Crippen molar-refractivity contribution in [3.8, 4) is 5.88 Å². The Balaban J connectivity index is 2.44. The average molecular weight is 350 g/mol. The molecule has 6 heteroatoms. The third-order valence-electron chi connectivity index (χ3n) is 3.63. The van der Waals surface area contributed by atoms with Gasteiger partial charge in [0.25, 0.3) is 5.91 Å². The van der Waals surface area contributed by atoms with Crippen molar-refractivity contribution in [3.05, 3.63) is 16.8 Å². The number of rotatable bonds is 7. The van der Waals surface area contributed by atoms with E-state index in [9.17, 15) is 4.79 Å². The van der Waals surface area contributed by atoms with Crippen molar-refractivity contribution in [2.24, 2.45) is 11.8 Å². The average Bonchev–Trinajstić information content (AvgIpc) is 2.83. The molecule has 132 valence electrons. The van der Waals surface area contributed by atoms with Gasteiger partial charge in [-0.3, -0.25) is 4.79 Å². The van der Waals surface area contributed by atoms with Crippen LogP contribution in [0.25, 0.3) is 10.2 Å². The summed E-state index contributed by atoms with van der Waals surface area (Å²) in [5.74, 6) is 1.51. The first-order chi connectivity index (χ1) is 11.3. The summed E-state index contributed by atoms with van der Waals surface area (Å²) in [6.45, 7) is 14.5. The van der Waals surface area contributed by atoms with Crippen molar-refractivity contribution in [2.75, 3.05) is 19.7 Å². The Kier molecular flexibility index (Phi) is 6.15. The molecule has 2 heterocycles. The van der Waals surface area contributed by atoms with Crippen LogP contribution in [0.5, 0.6) is 5.88 Å². The zero-order valence-electron chi connectivity index (χ0n) is 15.4. The molecule has 24 heavy (non-hydrogen) atoms. The second kappa shape index (κ2) is 7.92. The van der Waals surface area contributed by atoms with E-state index in [4.69, 9.17) is 4.74 Å². The second-order valence-corrected chi connectivity index (χ2v) is 7.85. The van der Waals surface area contributed by atoms with Crippen molar-refractivity contribution in [1.82, 2.24) is 14.9 Å². The van der Waals surface area contributed by atoms with Gasteiger partial charge in [-0.15, -0.1) is 11.3 Å². The van der Waals surface area contributed by atoms with E-state index in [0.717, 1.165) is 33.7 Å². The van der Waals surface area contributed by atoms with Gasteiger partial charge in [-0.1, -0.05) is 27.7 Å². The lowest BCUT2D eigenvalue weighted by atomic mass is 10.1. The molecule has 0 aliphatic carbocycles. The molecule has 0 saturated heterocycles. The monoisotopic (exact) mass is 349 g/mol. The third kappa shape index (κ3) is 4.04. The number of hydrogen-bond acceptors (Lipinski definition) is 5. The van der Waals surface area contributed by atoms with Gasteiger partial charge in [0.1, 0.15) is 11.2 Å². The maximum Gasteiger partial charge on any atom is 0.264 e. The molecular weight excluding hydrogens is 322 g/mol. The van der Waals surface area contributed by atoms with Gasteiger partial charge in [-0.2, -0.15) is 0 Å². The van der Waals surface area contributed by atoms with Crippen LogP contribution < -0.4 is 4.74 Å². The zero-order valence-corrected chi connectivity index (χ0v) is 16.2. The lowest BCUT2D eigenvalue weighted by molar-refractivity contribution is 0.0719. The summed E-state index contributed by atoms with van der Waals surface area (Å²) in [6, 6.07) is 0. The number of aromatic nitrogens is 2. The fraction of sp³-hybridized carbons (Fsp3) is 0.611. The molecule has 0 unspecified atom stereocenters. The van der Waals surface area contributed by atoms with Crippen molar-refractivity contribution < 1.29 is 9.53 Å². The first-order valence-electron chi connectivity index (χ1n) is 8.51. The molecule has 0 aromatic carbocycles. The van der Waals surface area contributed by atoms with Crippen molar-refractivity contribution in [1.29, 1.82) is 0 Å². The molecule has 0 spiro atoms. The Bertz CT molecular complexity index is 700. The number of amides is 1. The Morgan fingerprint density at radius 1 is 1.21 bits per heavy atom. The van der Waals surface area contributed by atoms with Gasteiger partial charge >= 0.3 is 0 Å². The van der Waals surface area contributed by atoms with Gasteiger partial charge in [0.05, 0.1) is 16.9 Å². The number of nitrogens with zero attached hydrogens (tertiary/aromatic N) is 3. The minimum absolute atomic E-state index is 0.0837. The number of thiophene rings is 1. The Hall–Kier alpha value is -1.69. The largest absolute Gasteiger partial charge is 0.477 e. The molecule has 5 nitrogen and oxygen atoms in total. The first kappa shape index (κ1) is 18.6. The number of ether oxygens (including phenoxy) is 1. The Morgan fingerprint density at radius 2 is 1.83 bits per heavy atom. The van der Waals surface area contributed by atoms with Crippen molar-refractivity contribution >= 4 is 27.5 Å². The highest BCUT2D eigenvalue weighted by Gasteiger charge is 2.25. The Labute approximate surface area is 148 Å². The van der Waals surface area contributed by atoms with Crippen molar-refractivity contribution in [3.63, 3.8) is 0 Å². The van der Waals surface area contributed by atoms with Gasteiger partial charge in [0.2, 0.25) is 5.88 Å². The van der Waals surface area contributed by atoms with Gasteiger partial charge in [0.15, 0.2) is 0 Å². The molecular formula is C18H27N3O2S. The lowest BCUT2D eigenvalue weighted by Crippen LogP contribution is -2.36. The number of carbonyl (C=O) groups is 1. The molecule has 0 fully saturated rings. The van der Waals surface area contributed by atoms with E-state index in [1.165, 1.54) is 17.7 Å². The fourth-order valence-electron chi connectivity index (χ4n) is 2.75. The lowest BCUT2D eigenvalue weighted by Gasteiger charge is -2.26. The fourth-order valence-corrected chi connectivity index (χ4v) is 3.86. The molecule has 0 aliphatic heterocycles. The predicted molar refractivity (Wildman–Crippen MR) is 98.9 cm³/mol. The molecule has 0 saturated carbocycles. The smallest absolute Gasteiger partial charge is 0.264 e. The van der Waals surface area contributed by atoms with Crippen molar-refractivity contribution in [2.45, 2.75) is 41.5 Å². The summed E-state index contributed by atoms with van der Waals surface area (Å²) in [5.41, 5.74) is 0.918. The third-order valence-corrected chi connectivity index (χ3v) is 4.81. The van der Waals surface area contributed by atoms with E-state index < -0.39 is 0 Å². The molecule has 0 aliphatic rings. The molecule has 2 aromatic rings. The first-order valence-corrected chi connectivity index (χ1v) is 9.32. The molecule has 0 bridgehead atoms. The highest BCUT2D eigenvalue weighted by molar-refractivity contribution is 7.20. The Morgan fingerprint density at radius 3 is 2.38 bits per heavy atom. The predicted octanol–water partition coefficient (Wildman–Crippen LogP) is 4.15. The molecule has 0 N–H and O–H groups in total. The number of hydrogen-bond donors (Lipinski definition) is 0. The van der Waals surface area contributed by atoms with Crippen LogP contribution in [0.4, 0.5) is 0 Å². The summed E-state index contributed by atoms with van der Waals surface area (Å²) >= 11 is 1.43. The van der Waals surface area contributed by atoms with Crippen LogP contribution in [0.3, 0.4) is 0 Å². The maximum atomic E-state index is 13.1. The summed E-state index contributed by atoms with van der Waals surface area (Å²) in [5, 5.41) is 0.863. The maximum absolute atomic E-state index is 13.1. The van der Waals surface area contributed by atoms with E-state index in [1.54, 1.807) is 0 Å². The highest BCUT2D eigenvalue weighted by Crippen LogP contribution is 2.35. The number of carbonyl (C=O) groups excluding carboxylic acids is 1. The summed E-state index contributed by atoms with van der Waals surface area (Å²) in [6.07, 6.45) is 1.50. The summed E-state index contributed by atoms with van der Waals surface area (Å²) < 4.78 is 5.61. The van der Waals surface area contributed by atoms with Gasteiger partial charge < -0.3 is 9.64 Å². The van der Waals surface area contributed by atoms with E-state index in [-0.39, 0.29) is 5.91 Å². The minimum Gasteiger partial charge on any atom is -0.477 e. The van der Waals surface area contributed by atoms with Gasteiger partial charge in [-0.25, -0.2) is 9.97 Å². The second-order valence-electron chi connectivity index (χ2n) is 6.85. The quantitative estimate of drug-likeness (QED) is 0.753. The molecule has 0 atom stereocenters.